The maximum absolute atomic E-state index is 9.20. The van der Waals surface area contributed by atoms with Gasteiger partial charge in [-0.2, -0.15) is 0 Å². The van der Waals surface area contributed by atoms with Crippen molar-refractivity contribution >= 4 is 40.2 Å². The van der Waals surface area contributed by atoms with Crippen molar-refractivity contribution in [3.05, 3.63) is 23.2 Å². The van der Waals surface area contributed by atoms with E-state index in [-0.39, 0.29) is 22.7 Å². The van der Waals surface area contributed by atoms with Crippen LogP contribution in [0.15, 0.2) is 23.2 Å². The summed E-state index contributed by atoms with van der Waals surface area (Å²) in [5.41, 5.74) is 0.806. The second kappa shape index (κ2) is 5.23. The number of hydrogen-bond acceptors (Lipinski definition) is 4. The van der Waals surface area contributed by atoms with Crippen molar-refractivity contribution in [2.45, 2.75) is 0 Å². The van der Waals surface area contributed by atoms with Crippen LogP contribution >= 0.6 is 28.6 Å². The number of phenols is 1. The summed E-state index contributed by atoms with van der Waals surface area (Å²) in [6.45, 7) is 1.64. The minimum absolute atomic E-state index is 0. The van der Waals surface area contributed by atoms with Crippen LogP contribution in [0.25, 0.3) is 0 Å². The molecule has 3 N–H and O–H groups in total. The van der Waals surface area contributed by atoms with Gasteiger partial charge in [-0.15, -0.1) is 17.0 Å². The number of aromatic hydroxyl groups is 1. The van der Waals surface area contributed by atoms with Gasteiger partial charge in [0.05, 0.1) is 11.6 Å². The normalized spacial score (nSPS) is 13.8. The van der Waals surface area contributed by atoms with E-state index in [9.17, 15) is 5.11 Å². The maximum atomic E-state index is 9.20. The van der Waals surface area contributed by atoms with Crippen molar-refractivity contribution in [2.75, 3.05) is 18.4 Å². The first kappa shape index (κ1) is 12.1. The first-order valence-corrected chi connectivity index (χ1v) is 4.67. The minimum atomic E-state index is 0. The summed E-state index contributed by atoms with van der Waals surface area (Å²) in [6, 6.07) is 4.93. The van der Waals surface area contributed by atoms with Crippen molar-refractivity contribution in [2.24, 2.45) is 4.99 Å². The van der Waals surface area contributed by atoms with E-state index in [1.165, 1.54) is 0 Å². The van der Waals surface area contributed by atoms with E-state index in [2.05, 4.69) is 15.6 Å². The molecule has 0 saturated heterocycles. The number of halogens is 2. The zero-order valence-electron chi connectivity index (χ0n) is 7.83. The molecular formula is C9H11BrClN3O. The monoisotopic (exact) mass is 291 g/mol. The molecule has 82 valence electrons. The van der Waals surface area contributed by atoms with Gasteiger partial charge in [-0.05, 0) is 18.2 Å². The van der Waals surface area contributed by atoms with E-state index in [0.717, 1.165) is 24.7 Å². The third kappa shape index (κ3) is 3.00. The van der Waals surface area contributed by atoms with Gasteiger partial charge in [-0.1, -0.05) is 11.6 Å². The molecule has 4 nitrogen and oxygen atoms in total. The Labute approximate surface area is 103 Å². The molecule has 0 aliphatic carbocycles. The molecule has 1 aromatic carbocycles. The zero-order valence-corrected chi connectivity index (χ0v) is 10.3. The first-order valence-electron chi connectivity index (χ1n) is 4.29. The highest BCUT2D eigenvalue weighted by Crippen LogP contribution is 2.25. The summed E-state index contributed by atoms with van der Waals surface area (Å²) in [7, 11) is 0. The molecule has 0 spiro atoms. The molecular weight excluding hydrogens is 281 g/mol. The van der Waals surface area contributed by atoms with Crippen LogP contribution in [0.5, 0.6) is 5.75 Å². The predicted molar refractivity (Wildman–Crippen MR) is 67.4 cm³/mol. The highest BCUT2D eigenvalue weighted by Gasteiger charge is 2.05. The second-order valence-electron chi connectivity index (χ2n) is 2.95. The van der Waals surface area contributed by atoms with Crippen LogP contribution in [0.3, 0.4) is 0 Å². The molecule has 2 rings (SSSR count). The summed E-state index contributed by atoms with van der Waals surface area (Å²) in [5.74, 6) is 0.824. The Morgan fingerprint density at radius 2 is 2.27 bits per heavy atom. The Morgan fingerprint density at radius 1 is 1.47 bits per heavy atom. The Balaban J connectivity index is 0.00000112. The number of hydrogen-bond donors (Lipinski definition) is 3. The van der Waals surface area contributed by atoms with Crippen molar-refractivity contribution in [1.29, 1.82) is 0 Å². The number of nitrogens with zero attached hydrogens (tertiary/aromatic N) is 1. The van der Waals surface area contributed by atoms with E-state index in [1.54, 1.807) is 18.2 Å². The molecule has 0 saturated carbocycles. The van der Waals surface area contributed by atoms with Gasteiger partial charge in [0.1, 0.15) is 5.75 Å². The Morgan fingerprint density at radius 3 is 2.87 bits per heavy atom. The lowest BCUT2D eigenvalue weighted by atomic mass is 10.3. The largest absolute Gasteiger partial charge is 0.506 e. The minimum Gasteiger partial charge on any atom is -0.506 e. The molecule has 0 atom stereocenters. The number of anilines is 1. The van der Waals surface area contributed by atoms with Crippen molar-refractivity contribution in [3.8, 4) is 5.75 Å². The highest BCUT2D eigenvalue weighted by molar-refractivity contribution is 8.93. The van der Waals surface area contributed by atoms with Gasteiger partial charge < -0.3 is 15.7 Å². The SMILES string of the molecule is Br.Oc1ccc(NC2=NCCN2)cc1Cl. The maximum Gasteiger partial charge on any atom is 0.195 e. The molecule has 0 fully saturated rings. The smallest absolute Gasteiger partial charge is 0.195 e. The van der Waals surface area contributed by atoms with Crippen molar-refractivity contribution in [1.82, 2.24) is 5.32 Å². The molecule has 6 heteroatoms. The predicted octanol–water partition coefficient (Wildman–Crippen LogP) is 1.99. The number of guanidine groups is 1. The van der Waals surface area contributed by atoms with E-state index in [1.807, 2.05) is 0 Å². The fourth-order valence-electron chi connectivity index (χ4n) is 1.20. The summed E-state index contributed by atoms with van der Waals surface area (Å²) in [6.07, 6.45) is 0. The van der Waals surface area contributed by atoms with E-state index in [0.29, 0.717) is 5.02 Å². The van der Waals surface area contributed by atoms with Crippen molar-refractivity contribution < 1.29 is 5.11 Å². The number of phenolic OH excluding ortho intramolecular Hbond substituents is 1. The van der Waals surface area contributed by atoms with E-state index >= 15 is 0 Å². The fourth-order valence-corrected chi connectivity index (χ4v) is 1.38. The number of nitrogens with one attached hydrogen (secondary N) is 2. The van der Waals surface area contributed by atoms with Crippen LogP contribution in [-0.4, -0.2) is 24.2 Å². The standard InChI is InChI=1S/C9H10ClN3O.BrH/c10-7-5-6(1-2-8(7)14)13-9-11-3-4-12-9;/h1-2,5,14H,3-4H2,(H2,11,12,13);1H. The lowest BCUT2D eigenvalue weighted by Crippen LogP contribution is -2.26. The summed E-state index contributed by atoms with van der Waals surface area (Å²) >= 11 is 5.75. The average molecular weight is 293 g/mol. The molecule has 1 aromatic rings. The van der Waals surface area contributed by atoms with Gasteiger partial charge in [0.25, 0.3) is 0 Å². The molecule has 0 bridgehead atoms. The topological polar surface area (TPSA) is 56.6 Å². The van der Waals surface area contributed by atoms with Crippen LogP contribution in [0.1, 0.15) is 0 Å². The van der Waals surface area contributed by atoms with Crippen LogP contribution in [0.4, 0.5) is 5.69 Å². The van der Waals surface area contributed by atoms with Gasteiger partial charge in [0.2, 0.25) is 0 Å². The zero-order chi connectivity index (χ0) is 9.97. The molecule has 1 heterocycles. The van der Waals surface area contributed by atoms with Crippen LogP contribution < -0.4 is 10.6 Å². The van der Waals surface area contributed by atoms with Crippen LogP contribution in [0, 0.1) is 0 Å². The molecule has 0 amide bonds. The van der Waals surface area contributed by atoms with Crippen LogP contribution in [0.2, 0.25) is 5.02 Å². The number of rotatable bonds is 1. The summed E-state index contributed by atoms with van der Waals surface area (Å²) in [5, 5.41) is 15.7. The average Bonchev–Trinajstić information content (AvgIpc) is 2.64. The lowest BCUT2D eigenvalue weighted by Gasteiger charge is -2.07. The van der Waals surface area contributed by atoms with E-state index < -0.39 is 0 Å². The first-order chi connectivity index (χ1) is 6.75. The highest BCUT2D eigenvalue weighted by atomic mass is 79.9. The Kier molecular flexibility index (Phi) is 4.23. The molecule has 0 unspecified atom stereocenters. The quantitative estimate of drug-likeness (QED) is 0.694. The van der Waals surface area contributed by atoms with Gasteiger partial charge in [0, 0.05) is 12.2 Å². The fraction of sp³-hybridized carbons (Fsp3) is 0.222. The van der Waals surface area contributed by atoms with Gasteiger partial charge in [-0.3, -0.25) is 4.99 Å². The van der Waals surface area contributed by atoms with Gasteiger partial charge in [-0.25, -0.2) is 0 Å². The van der Waals surface area contributed by atoms with Crippen molar-refractivity contribution in [3.63, 3.8) is 0 Å². The van der Waals surface area contributed by atoms with Gasteiger partial charge >= 0.3 is 0 Å². The molecule has 15 heavy (non-hydrogen) atoms. The Bertz CT molecular complexity index is 384. The summed E-state index contributed by atoms with van der Waals surface area (Å²) in [4.78, 5) is 4.17. The molecule has 1 aliphatic heterocycles. The summed E-state index contributed by atoms with van der Waals surface area (Å²) < 4.78 is 0. The molecule has 0 aromatic heterocycles. The Hall–Kier alpha value is -0.940. The molecule has 1 aliphatic rings. The van der Waals surface area contributed by atoms with Gasteiger partial charge in [0.15, 0.2) is 5.96 Å². The molecule has 0 radical (unpaired) electrons. The number of aliphatic imine (C=N–C) groups is 1. The second-order valence-corrected chi connectivity index (χ2v) is 3.36. The van der Waals surface area contributed by atoms with E-state index in [4.69, 9.17) is 11.6 Å². The third-order valence-corrected chi connectivity index (χ3v) is 2.19. The lowest BCUT2D eigenvalue weighted by molar-refractivity contribution is 0.475. The third-order valence-electron chi connectivity index (χ3n) is 1.88. The van der Waals surface area contributed by atoms with Crippen LogP contribution in [-0.2, 0) is 0 Å². The number of benzene rings is 1.